The summed E-state index contributed by atoms with van der Waals surface area (Å²) in [5.74, 6) is -1.47. The Kier molecular flexibility index (Phi) is 4.87. The third-order valence-corrected chi connectivity index (χ3v) is 4.51. The first-order valence-corrected chi connectivity index (χ1v) is 8.90. The van der Waals surface area contributed by atoms with Crippen molar-refractivity contribution in [2.75, 3.05) is 0 Å². The van der Waals surface area contributed by atoms with E-state index in [4.69, 9.17) is 0 Å². The first kappa shape index (κ1) is 19.4. The van der Waals surface area contributed by atoms with Crippen LogP contribution in [0.4, 0.5) is 13.2 Å². The highest BCUT2D eigenvalue weighted by Gasteiger charge is 2.31. The van der Waals surface area contributed by atoms with E-state index in [0.29, 0.717) is 27.7 Å². The Morgan fingerprint density at radius 1 is 0.833 bits per heavy atom. The van der Waals surface area contributed by atoms with Gasteiger partial charge in [-0.1, -0.05) is 48.5 Å². The highest BCUT2D eigenvalue weighted by Crippen LogP contribution is 2.32. The number of rotatable bonds is 4. The number of ether oxygens (including phenoxy) is 1. The molecule has 0 unspecified atom stereocenters. The summed E-state index contributed by atoms with van der Waals surface area (Å²) in [7, 11) is 0. The van der Waals surface area contributed by atoms with Crippen LogP contribution in [0.15, 0.2) is 78.9 Å². The van der Waals surface area contributed by atoms with Crippen LogP contribution in [-0.2, 0) is 0 Å². The number of fused-ring (bicyclic) bond motifs is 1. The number of nitrogens with zero attached hydrogens (tertiary/aromatic N) is 1. The van der Waals surface area contributed by atoms with Crippen molar-refractivity contribution in [3.05, 3.63) is 84.4 Å². The lowest BCUT2D eigenvalue weighted by Crippen LogP contribution is -2.17. The zero-order valence-electron chi connectivity index (χ0n) is 15.4. The SMILES string of the molecule is O=C(O)c1cc(-c2ccccc2)nc2ccc(-c3cccc(OC(F)(F)F)c3)cc12. The van der Waals surface area contributed by atoms with E-state index in [1.807, 2.05) is 30.3 Å². The molecule has 0 radical (unpaired) electrons. The number of benzene rings is 3. The summed E-state index contributed by atoms with van der Waals surface area (Å²) in [4.78, 5) is 16.4. The van der Waals surface area contributed by atoms with Gasteiger partial charge in [-0.2, -0.15) is 0 Å². The van der Waals surface area contributed by atoms with E-state index in [1.54, 1.807) is 24.3 Å². The van der Waals surface area contributed by atoms with Gasteiger partial charge in [0.05, 0.1) is 16.8 Å². The second-order valence-electron chi connectivity index (χ2n) is 6.53. The summed E-state index contributed by atoms with van der Waals surface area (Å²) in [6, 6.07) is 21.1. The van der Waals surface area contributed by atoms with Crippen LogP contribution in [0.5, 0.6) is 5.75 Å². The normalized spacial score (nSPS) is 11.4. The standard InChI is InChI=1S/C23H14F3NO3/c24-23(25,26)30-17-8-4-7-15(11-17)16-9-10-20-18(12-16)19(22(28)29)13-21(27-20)14-5-2-1-3-6-14/h1-13H,(H,28,29). The van der Waals surface area contributed by atoms with E-state index in [0.717, 1.165) is 5.56 Å². The number of halogens is 3. The number of aromatic nitrogens is 1. The van der Waals surface area contributed by atoms with Gasteiger partial charge >= 0.3 is 12.3 Å². The maximum Gasteiger partial charge on any atom is 0.573 e. The minimum atomic E-state index is -4.80. The van der Waals surface area contributed by atoms with Crippen molar-refractivity contribution >= 4 is 16.9 Å². The molecule has 0 saturated heterocycles. The van der Waals surface area contributed by atoms with Crippen molar-refractivity contribution in [2.45, 2.75) is 6.36 Å². The molecule has 0 atom stereocenters. The fraction of sp³-hybridized carbons (Fsp3) is 0.0435. The molecule has 0 aliphatic rings. The zero-order chi connectivity index (χ0) is 21.3. The Morgan fingerprint density at radius 3 is 2.23 bits per heavy atom. The van der Waals surface area contributed by atoms with Gasteiger partial charge in [0.2, 0.25) is 0 Å². The predicted molar refractivity (Wildman–Crippen MR) is 106 cm³/mol. The molecule has 1 heterocycles. The lowest BCUT2D eigenvalue weighted by Gasteiger charge is -2.12. The first-order valence-electron chi connectivity index (χ1n) is 8.90. The Bertz CT molecular complexity index is 1240. The molecule has 150 valence electrons. The summed E-state index contributed by atoms with van der Waals surface area (Å²) in [5, 5.41) is 10.1. The number of hydrogen-bond acceptors (Lipinski definition) is 3. The molecule has 7 heteroatoms. The molecule has 3 aromatic carbocycles. The summed E-state index contributed by atoms with van der Waals surface area (Å²) in [6.07, 6.45) is -4.80. The molecule has 0 fully saturated rings. The third kappa shape index (κ3) is 4.10. The van der Waals surface area contributed by atoms with Crippen LogP contribution in [0, 0.1) is 0 Å². The van der Waals surface area contributed by atoms with Crippen LogP contribution in [-0.4, -0.2) is 22.4 Å². The molecule has 4 rings (SSSR count). The van der Waals surface area contributed by atoms with Gasteiger partial charge in [-0.3, -0.25) is 0 Å². The lowest BCUT2D eigenvalue weighted by atomic mass is 9.99. The number of hydrogen-bond donors (Lipinski definition) is 1. The fourth-order valence-electron chi connectivity index (χ4n) is 3.21. The first-order chi connectivity index (χ1) is 14.3. The number of alkyl halides is 3. The number of pyridine rings is 1. The number of carboxylic acids is 1. The van der Waals surface area contributed by atoms with Crippen LogP contribution < -0.4 is 4.74 Å². The van der Waals surface area contributed by atoms with Crippen LogP contribution in [0.3, 0.4) is 0 Å². The summed E-state index contributed by atoms with van der Waals surface area (Å²) in [5.41, 5.74) is 2.84. The molecule has 1 aromatic heterocycles. The second kappa shape index (κ2) is 7.51. The van der Waals surface area contributed by atoms with E-state index in [9.17, 15) is 23.1 Å². The van der Waals surface area contributed by atoms with E-state index < -0.39 is 12.3 Å². The van der Waals surface area contributed by atoms with E-state index >= 15 is 0 Å². The number of carboxylic acid groups (broad SMARTS) is 1. The smallest absolute Gasteiger partial charge is 0.478 e. The van der Waals surface area contributed by atoms with Gasteiger partial charge in [0.1, 0.15) is 5.75 Å². The Labute approximate surface area is 169 Å². The average molecular weight is 409 g/mol. The van der Waals surface area contributed by atoms with Gasteiger partial charge in [0, 0.05) is 10.9 Å². The second-order valence-corrected chi connectivity index (χ2v) is 6.53. The van der Waals surface area contributed by atoms with Gasteiger partial charge in [-0.15, -0.1) is 13.2 Å². The molecule has 4 nitrogen and oxygen atoms in total. The monoisotopic (exact) mass is 409 g/mol. The zero-order valence-corrected chi connectivity index (χ0v) is 15.4. The molecule has 4 aromatic rings. The largest absolute Gasteiger partial charge is 0.573 e. The maximum absolute atomic E-state index is 12.5. The molecule has 0 amide bonds. The van der Waals surface area contributed by atoms with E-state index in [-0.39, 0.29) is 11.3 Å². The molecular weight excluding hydrogens is 395 g/mol. The minimum absolute atomic E-state index is 0.0587. The average Bonchev–Trinajstić information content (AvgIpc) is 2.72. The van der Waals surface area contributed by atoms with Gasteiger partial charge in [-0.25, -0.2) is 9.78 Å². The predicted octanol–water partition coefficient (Wildman–Crippen LogP) is 6.17. The van der Waals surface area contributed by atoms with Crippen molar-refractivity contribution < 1.29 is 27.8 Å². The lowest BCUT2D eigenvalue weighted by molar-refractivity contribution is -0.274. The molecule has 0 aliphatic heterocycles. The van der Waals surface area contributed by atoms with Crippen LogP contribution in [0.1, 0.15) is 10.4 Å². The van der Waals surface area contributed by atoms with Crippen molar-refractivity contribution in [1.29, 1.82) is 0 Å². The Morgan fingerprint density at radius 2 is 1.53 bits per heavy atom. The van der Waals surface area contributed by atoms with Crippen molar-refractivity contribution in [3.8, 4) is 28.1 Å². The Hall–Kier alpha value is -3.87. The van der Waals surface area contributed by atoms with Crippen molar-refractivity contribution in [3.63, 3.8) is 0 Å². The minimum Gasteiger partial charge on any atom is -0.478 e. The molecule has 0 aliphatic carbocycles. The van der Waals surface area contributed by atoms with Gasteiger partial charge in [0.25, 0.3) is 0 Å². The molecule has 1 N–H and O–H groups in total. The highest BCUT2D eigenvalue weighted by atomic mass is 19.4. The van der Waals surface area contributed by atoms with Crippen LogP contribution >= 0.6 is 0 Å². The molecular formula is C23H14F3NO3. The number of aromatic carboxylic acids is 1. The summed E-state index contributed by atoms with van der Waals surface area (Å²) >= 11 is 0. The van der Waals surface area contributed by atoms with Crippen molar-refractivity contribution in [1.82, 2.24) is 4.98 Å². The molecule has 0 bridgehead atoms. The summed E-state index contributed by atoms with van der Waals surface area (Å²) < 4.78 is 41.5. The molecule has 30 heavy (non-hydrogen) atoms. The van der Waals surface area contributed by atoms with Crippen molar-refractivity contribution in [2.24, 2.45) is 0 Å². The molecule has 0 saturated carbocycles. The quantitative estimate of drug-likeness (QED) is 0.438. The van der Waals surface area contributed by atoms with Gasteiger partial charge in [-0.05, 0) is 41.5 Å². The molecule has 0 spiro atoms. The topological polar surface area (TPSA) is 59.4 Å². The van der Waals surface area contributed by atoms with Crippen LogP contribution in [0.25, 0.3) is 33.3 Å². The van der Waals surface area contributed by atoms with E-state index in [1.165, 1.54) is 24.3 Å². The van der Waals surface area contributed by atoms with Gasteiger partial charge < -0.3 is 9.84 Å². The Balaban J connectivity index is 1.82. The summed E-state index contributed by atoms with van der Waals surface area (Å²) in [6.45, 7) is 0. The maximum atomic E-state index is 12.5. The number of carbonyl (C=O) groups is 1. The highest BCUT2D eigenvalue weighted by molar-refractivity contribution is 6.05. The van der Waals surface area contributed by atoms with Crippen LogP contribution in [0.2, 0.25) is 0 Å². The van der Waals surface area contributed by atoms with E-state index in [2.05, 4.69) is 9.72 Å². The fourth-order valence-corrected chi connectivity index (χ4v) is 3.21. The van der Waals surface area contributed by atoms with Gasteiger partial charge in [0.15, 0.2) is 0 Å². The third-order valence-electron chi connectivity index (χ3n) is 4.51.